The van der Waals surface area contributed by atoms with Crippen molar-refractivity contribution < 1.29 is 52.6 Å². The smallest absolute Gasteiger partial charge is 0.462 e. The lowest BCUT2D eigenvalue weighted by Gasteiger charge is -2.20. The van der Waals surface area contributed by atoms with Gasteiger partial charge in [0.15, 0.2) is 11.9 Å². The Labute approximate surface area is 358 Å². The van der Waals surface area contributed by atoms with Gasteiger partial charge in [0.25, 0.3) is 0 Å². The monoisotopic (exact) mass is 855 g/mol. The standard InChI is InChI=1S/C47H83O11P/c1-4-5-28-34-43(49)35-30-25-21-17-13-11-15-19-23-27-32-37-47(52)58-45(41-57-59(53,54)56-39-44(50)38-48)40-55-46(51)36-31-26-22-18-14-10-8-6-7-9-12-16-20-24-29-33-42(2)3/h11,13,19,21,23,25,30,35,42,44-45,48,50H,4-10,12,14-18,20,22,24,26-29,31-34,36-41H2,1-3H3,(H,53,54)/b13-11-,23-19-,25-21-,35-30+/t44-,45+/m0/s1. The molecule has 0 aliphatic heterocycles. The van der Waals surface area contributed by atoms with Crippen LogP contribution in [0.3, 0.4) is 0 Å². The molecule has 12 heteroatoms. The van der Waals surface area contributed by atoms with Crippen molar-refractivity contribution in [2.45, 2.75) is 200 Å². The molecular weight excluding hydrogens is 771 g/mol. The molecule has 0 aromatic rings. The Bertz CT molecular complexity index is 1200. The van der Waals surface area contributed by atoms with Gasteiger partial charge >= 0.3 is 19.8 Å². The summed E-state index contributed by atoms with van der Waals surface area (Å²) in [6.07, 6.45) is 39.3. The van der Waals surface area contributed by atoms with E-state index in [0.717, 1.165) is 57.3 Å². The highest BCUT2D eigenvalue weighted by atomic mass is 31.2. The summed E-state index contributed by atoms with van der Waals surface area (Å²) in [5, 5.41) is 18.3. The van der Waals surface area contributed by atoms with Crippen molar-refractivity contribution in [2.75, 3.05) is 26.4 Å². The van der Waals surface area contributed by atoms with Gasteiger partial charge in [-0.1, -0.05) is 172 Å². The Hall–Kier alpha value is -2.40. The molecule has 1 unspecified atom stereocenters. The van der Waals surface area contributed by atoms with E-state index >= 15 is 0 Å². The van der Waals surface area contributed by atoms with Crippen molar-refractivity contribution in [2.24, 2.45) is 5.92 Å². The molecule has 0 saturated carbocycles. The number of phosphoric ester groups is 1. The molecule has 0 amide bonds. The first-order valence-electron chi connectivity index (χ1n) is 22.9. The molecule has 0 bridgehead atoms. The molecule has 0 radical (unpaired) electrons. The SMILES string of the molecule is CCCCCC(=O)/C=C/C=C\C/C=C\C/C=C\CCCC(=O)O[C@H](COC(=O)CCCCCCCCCCCCCCCCCC(C)C)COP(=O)(O)OC[C@@H](O)CO. The maximum Gasteiger partial charge on any atom is 0.472 e. The zero-order chi connectivity index (χ0) is 43.7. The summed E-state index contributed by atoms with van der Waals surface area (Å²) in [6.45, 7) is 4.49. The van der Waals surface area contributed by atoms with Crippen molar-refractivity contribution in [3.05, 3.63) is 48.6 Å². The molecule has 342 valence electrons. The number of esters is 2. The minimum Gasteiger partial charge on any atom is -0.462 e. The summed E-state index contributed by atoms with van der Waals surface area (Å²) in [6, 6.07) is 0. The van der Waals surface area contributed by atoms with E-state index in [1.807, 2.05) is 36.5 Å². The van der Waals surface area contributed by atoms with Crippen LogP contribution in [0.2, 0.25) is 0 Å². The van der Waals surface area contributed by atoms with E-state index in [2.05, 4.69) is 25.3 Å². The Morgan fingerprint density at radius 1 is 0.610 bits per heavy atom. The molecule has 0 rings (SSSR count). The van der Waals surface area contributed by atoms with Gasteiger partial charge in [-0.15, -0.1) is 0 Å². The van der Waals surface area contributed by atoms with Crippen molar-refractivity contribution in [1.29, 1.82) is 0 Å². The van der Waals surface area contributed by atoms with E-state index < -0.39 is 51.8 Å². The number of aliphatic hydroxyl groups is 2. The number of allylic oxidation sites excluding steroid dienone is 8. The number of hydrogen-bond acceptors (Lipinski definition) is 10. The van der Waals surface area contributed by atoms with Crippen LogP contribution in [0.25, 0.3) is 0 Å². The summed E-state index contributed by atoms with van der Waals surface area (Å²) in [4.78, 5) is 46.7. The van der Waals surface area contributed by atoms with E-state index in [1.165, 1.54) is 77.0 Å². The van der Waals surface area contributed by atoms with Crippen LogP contribution < -0.4 is 0 Å². The third-order valence-corrected chi connectivity index (χ3v) is 10.6. The summed E-state index contributed by atoms with van der Waals surface area (Å²) in [5.41, 5.74) is 0. The van der Waals surface area contributed by atoms with E-state index in [1.54, 1.807) is 12.2 Å². The van der Waals surface area contributed by atoms with Crippen LogP contribution in [0.4, 0.5) is 0 Å². The number of carbonyl (C=O) groups is 3. The van der Waals surface area contributed by atoms with Crippen LogP contribution in [0.15, 0.2) is 48.6 Å². The average molecular weight is 855 g/mol. The van der Waals surface area contributed by atoms with E-state index in [9.17, 15) is 28.9 Å². The average Bonchev–Trinajstić information content (AvgIpc) is 3.20. The zero-order valence-corrected chi connectivity index (χ0v) is 38.0. The fraction of sp³-hybridized carbons (Fsp3) is 0.766. The lowest BCUT2D eigenvalue weighted by molar-refractivity contribution is -0.161. The van der Waals surface area contributed by atoms with Crippen LogP contribution in [0.1, 0.15) is 188 Å². The minimum absolute atomic E-state index is 0.0821. The number of phosphoric acid groups is 1. The number of carbonyl (C=O) groups excluding carboxylic acids is 3. The molecule has 0 aromatic heterocycles. The number of hydrogen-bond donors (Lipinski definition) is 3. The largest absolute Gasteiger partial charge is 0.472 e. The van der Waals surface area contributed by atoms with Gasteiger partial charge in [0.2, 0.25) is 0 Å². The number of ether oxygens (including phenoxy) is 2. The molecule has 11 nitrogen and oxygen atoms in total. The number of rotatable bonds is 42. The van der Waals surface area contributed by atoms with Crippen molar-refractivity contribution in [3.8, 4) is 0 Å². The number of aliphatic hydroxyl groups excluding tert-OH is 2. The van der Waals surface area contributed by atoms with Crippen molar-refractivity contribution in [3.63, 3.8) is 0 Å². The molecule has 0 fully saturated rings. The lowest BCUT2D eigenvalue weighted by Crippen LogP contribution is -2.29. The second kappa shape index (κ2) is 41.0. The zero-order valence-electron chi connectivity index (χ0n) is 37.1. The van der Waals surface area contributed by atoms with Gasteiger partial charge in [-0.3, -0.25) is 23.4 Å². The van der Waals surface area contributed by atoms with Gasteiger partial charge < -0.3 is 24.6 Å². The normalized spacial score (nSPS) is 14.2. The highest BCUT2D eigenvalue weighted by Crippen LogP contribution is 2.43. The predicted molar refractivity (Wildman–Crippen MR) is 238 cm³/mol. The molecule has 59 heavy (non-hydrogen) atoms. The second-order valence-corrected chi connectivity index (χ2v) is 17.4. The van der Waals surface area contributed by atoms with Gasteiger partial charge in [0.05, 0.1) is 19.8 Å². The lowest BCUT2D eigenvalue weighted by atomic mass is 10.0. The minimum atomic E-state index is -4.65. The second-order valence-electron chi connectivity index (χ2n) is 15.9. The molecule has 3 N–H and O–H groups in total. The molecule has 0 aliphatic rings. The predicted octanol–water partition coefficient (Wildman–Crippen LogP) is 11.5. The third-order valence-electron chi connectivity index (χ3n) is 9.64. The molecule has 0 spiro atoms. The van der Waals surface area contributed by atoms with Crippen LogP contribution >= 0.6 is 7.82 Å². The van der Waals surface area contributed by atoms with E-state index in [4.69, 9.17) is 19.1 Å². The van der Waals surface area contributed by atoms with E-state index in [0.29, 0.717) is 25.7 Å². The van der Waals surface area contributed by atoms with E-state index in [-0.39, 0.29) is 25.2 Å². The summed E-state index contributed by atoms with van der Waals surface area (Å²) in [5.74, 6) is -0.0419. The fourth-order valence-corrected chi connectivity index (χ4v) is 6.86. The first-order valence-corrected chi connectivity index (χ1v) is 24.4. The summed E-state index contributed by atoms with van der Waals surface area (Å²) in [7, 11) is -4.65. The van der Waals surface area contributed by atoms with Gasteiger partial charge in [0, 0.05) is 19.3 Å². The fourth-order valence-electron chi connectivity index (χ4n) is 6.07. The van der Waals surface area contributed by atoms with Crippen LogP contribution in [0.5, 0.6) is 0 Å². The number of ketones is 1. The molecule has 3 atom stereocenters. The van der Waals surface area contributed by atoms with Gasteiger partial charge in [-0.2, -0.15) is 0 Å². The Kier molecular flexibility index (Phi) is 39.3. The Balaban J connectivity index is 4.38. The maximum absolute atomic E-state index is 12.6. The maximum atomic E-state index is 12.6. The highest BCUT2D eigenvalue weighted by Gasteiger charge is 2.27. The van der Waals surface area contributed by atoms with Crippen LogP contribution in [0, 0.1) is 5.92 Å². The molecule has 0 heterocycles. The Morgan fingerprint density at radius 2 is 1.14 bits per heavy atom. The quantitative estimate of drug-likeness (QED) is 0.0134. The summed E-state index contributed by atoms with van der Waals surface area (Å²) < 4.78 is 32.7. The van der Waals surface area contributed by atoms with Gasteiger partial charge in [-0.25, -0.2) is 4.57 Å². The Morgan fingerprint density at radius 3 is 1.73 bits per heavy atom. The molecule has 0 aliphatic carbocycles. The summed E-state index contributed by atoms with van der Waals surface area (Å²) >= 11 is 0. The van der Waals surface area contributed by atoms with Crippen LogP contribution in [-0.2, 0) is 37.5 Å². The first kappa shape index (κ1) is 56.6. The number of unbranched alkanes of at least 4 members (excludes halogenated alkanes) is 17. The van der Waals surface area contributed by atoms with Crippen molar-refractivity contribution >= 4 is 25.5 Å². The molecule has 0 saturated heterocycles. The third kappa shape index (κ3) is 42.1. The molecule has 0 aromatic carbocycles. The topological polar surface area (TPSA) is 166 Å². The van der Waals surface area contributed by atoms with Gasteiger partial charge in [0.1, 0.15) is 12.7 Å². The highest BCUT2D eigenvalue weighted by molar-refractivity contribution is 7.47. The first-order chi connectivity index (χ1) is 28.5. The van der Waals surface area contributed by atoms with Crippen LogP contribution in [-0.4, -0.2) is 71.5 Å². The molecular formula is C47H83O11P. The van der Waals surface area contributed by atoms with Gasteiger partial charge in [-0.05, 0) is 50.5 Å². The van der Waals surface area contributed by atoms with Crippen molar-refractivity contribution in [1.82, 2.24) is 0 Å².